The maximum atomic E-state index is 13.4. The molecule has 0 bridgehead atoms. The lowest BCUT2D eigenvalue weighted by Gasteiger charge is -2.29. The van der Waals surface area contributed by atoms with Gasteiger partial charge in [0.1, 0.15) is 11.6 Å². The first-order valence-electron chi connectivity index (χ1n) is 7.34. The molecule has 1 aliphatic heterocycles. The van der Waals surface area contributed by atoms with Crippen molar-refractivity contribution in [3.8, 4) is 5.69 Å². The molecule has 1 aromatic heterocycles. The Balaban J connectivity index is 1.89. The third kappa shape index (κ3) is 3.14. The van der Waals surface area contributed by atoms with Crippen LogP contribution in [0.3, 0.4) is 0 Å². The van der Waals surface area contributed by atoms with Gasteiger partial charge in [0.15, 0.2) is 0 Å². The fourth-order valence-electron chi connectivity index (χ4n) is 2.98. The average molecular weight is 462 g/mol. The maximum Gasteiger partial charge on any atom is 0.407 e. The molecule has 1 aromatic carbocycles. The molecule has 0 aliphatic carbocycles. The number of benzene rings is 1. The second kappa shape index (κ2) is 6.72. The molecule has 6 nitrogen and oxygen atoms in total. The van der Waals surface area contributed by atoms with Crippen molar-refractivity contribution in [2.75, 3.05) is 18.8 Å². The Morgan fingerprint density at radius 2 is 1.88 bits per heavy atom. The van der Waals surface area contributed by atoms with Gasteiger partial charge >= 0.3 is 6.09 Å². The molecule has 1 fully saturated rings. The second-order valence-electron chi connectivity index (χ2n) is 5.66. The van der Waals surface area contributed by atoms with Gasteiger partial charge in [-0.05, 0) is 62.8 Å². The van der Waals surface area contributed by atoms with E-state index >= 15 is 0 Å². The van der Waals surface area contributed by atoms with Crippen LogP contribution >= 0.6 is 31.9 Å². The molecule has 3 N–H and O–H groups in total. The molecule has 2 heterocycles. The third-order valence-corrected chi connectivity index (χ3v) is 5.44. The minimum absolute atomic E-state index is 0.160. The highest BCUT2D eigenvalue weighted by Crippen LogP contribution is 2.36. The molecule has 0 saturated carbocycles. The van der Waals surface area contributed by atoms with Crippen molar-refractivity contribution >= 4 is 43.8 Å². The van der Waals surface area contributed by atoms with E-state index in [0.717, 1.165) is 5.56 Å². The van der Waals surface area contributed by atoms with Gasteiger partial charge in [-0.25, -0.2) is 13.9 Å². The number of piperidine rings is 1. The Morgan fingerprint density at radius 1 is 1.29 bits per heavy atom. The largest absolute Gasteiger partial charge is 0.465 e. The van der Waals surface area contributed by atoms with Crippen LogP contribution in [0.5, 0.6) is 0 Å². The first-order valence-corrected chi connectivity index (χ1v) is 8.93. The average Bonchev–Trinajstić information content (AvgIpc) is 2.88. The normalized spacial score (nSPS) is 15.7. The minimum atomic E-state index is -0.892. The van der Waals surface area contributed by atoms with Crippen LogP contribution in [0.2, 0.25) is 0 Å². The van der Waals surface area contributed by atoms with Crippen LogP contribution in [-0.2, 0) is 0 Å². The zero-order valence-corrected chi connectivity index (χ0v) is 15.7. The predicted octanol–water partition coefficient (Wildman–Crippen LogP) is 3.98. The van der Waals surface area contributed by atoms with Crippen LogP contribution in [-0.4, -0.2) is 39.0 Å². The lowest BCUT2D eigenvalue weighted by molar-refractivity contribution is 0.132. The van der Waals surface area contributed by atoms with Crippen LogP contribution in [0.15, 0.2) is 27.3 Å². The van der Waals surface area contributed by atoms with Gasteiger partial charge in [0.2, 0.25) is 0 Å². The molecule has 1 amide bonds. The number of nitrogens with two attached hydrogens (primary N) is 1. The Hall–Kier alpha value is -1.61. The fraction of sp³-hybridized carbons (Fsp3) is 0.333. The van der Waals surface area contributed by atoms with Gasteiger partial charge in [0.05, 0.1) is 11.9 Å². The van der Waals surface area contributed by atoms with Crippen molar-refractivity contribution in [2.24, 2.45) is 0 Å². The van der Waals surface area contributed by atoms with Gasteiger partial charge in [-0.15, -0.1) is 0 Å². The van der Waals surface area contributed by atoms with Crippen LogP contribution in [0.1, 0.15) is 24.3 Å². The standard InChI is InChI=1S/C15H15Br2FN4O2/c16-11-5-9(18)6-12(17)13(11)22-14(19)10(7-20-22)8-1-3-21(4-2-8)15(23)24/h5-8H,1-4,19H2,(H,23,24). The molecule has 0 unspecified atom stereocenters. The predicted molar refractivity (Wildman–Crippen MR) is 94.9 cm³/mol. The highest BCUT2D eigenvalue weighted by Gasteiger charge is 2.27. The van der Waals surface area contributed by atoms with Crippen LogP contribution in [0.4, 0.5) is 15.0 Å². The van der Waals surface area contributed by atoms with E-state index in [0.29, 0.717) is 46.4 Å². The minimum Gasteiger partial charge on any atom is -0.465 e. The number of nitrogen functional groups attached to an aromatic ring is 1. The van der Waals surface area contributed by atoms with Crippen molar-refractivity contribution in [1.29, 1.82) is 0 Å². The van der Waals surface area contributed by atoms with Crippen molar-refractivity contribution in [2.45, 2.75) is 18.8 Å². The van der Waals surface area contributed by atoms with Crippen molar-refractivity contribution in [3.63, 3.8) is 0 Å². The quantitative estimate of drug-likeness (QED) is 0.708. The molecular formula is C15H15Br2FN4O2. The molecule has 9 heteroatoms. The first-order chi connectivity index (χ1) is 11.4. The highest BCUT2D eigenvalue weighted by atomic mass is 79.9. The van der Waals surface area contributed by atoms with E-state index in [4.69, 9.17) is 10.8 Å². The maximum absolute atomic E-state index is 13.4. The number of halogens is 3. The number of aromatic nitrogens is 2. The molecule has 1 aliphatic rings. The number of amides is 1. The monoisotopic (exact) mass is 460 g/mol. The van der Waals surface area contributed by atoms with E-state index in [1.54, 1.807) is 10.9 Å². The van der Waals surface area contributed by atoms with Crippen molar-refractivity contribution in [3.05, 3.63) is 38.7 Å². The Morgan fingerprint density at radius 3 is 2.42 bits per heavy atom. The molecule has 0 atom stereocenters. The smallest absolute Gasteiger partial charge is 0.407 e. The van der Waals surface area contributed by atoms with Crippen LogP contribution in [0, 0.1) is 5.82 Å². The van der Waals surface area contributed by atoms with Gasteiger partial charge in [-0.2, -0.15) is 5.10 Å². The number of carboxylic acid groups (broad SMARTS) is 1. The number of anilines is 1. The summed E-state index contributed by atoms with van der Waals surface area (Å²) in [5.41, 5.74) is 7.79. The van der Waals surface area contributed by atoms with Gasteiger partial charge < -0.3 is 15.7 Å². The lowest BCUT2D eigenvalue weighted by Crippen LogP contribution is -2.36. The third-order valence-electron chi connectivity index (χ3n) is 4.24. The Bertz CT molecular complexity index is 765. The summed E-state index contributed by atoms with van der Waals surface area (Å²) >= 11 is 6.68. The van der Waals surface area contributed by atoms with Gasteiger partial charge in [0, 0.05) is 27.6 Å². The Kier molecular flexibility index (Phi) is 4.82. The van der Waals surface area contributed by atoms with Crippen molar-refractivity contribution in [1.82, 2.24) is 14.7 Å². The molecule has 3 rings (SSSR count). The summed E-state index contributed by atoms with van der Waals surface area (Å²) in [6, 6.07) is 2.71. The topological polar surface area (TPSA) is 84.4 Å². The van der Waals surface area contributed by atoms with E-state index in [1.165, 1.54) is 17.0 Å². The summed E-state index contributed by atoms with van der Waals surface area (Å²) in [6.07, 6.45) is 2.22. The Labute approximate surface area is 154 Å². The van der Waals surface area contributed by atoms with Gasteiger partial charge in [-0.3, -0.25) is 0 Å². The molecule has 2 aromatic rings. The second-order valence-corrected chi connectivity index (χ2v) is 7.37. The fourth-order valence-corrected chi connectivity index (χ4v) is 4.45. The summed E-state index contributed by atoms with van der Waals surface area (Å²) in [7, 11) is 0. The summed E-state index contributed by atoms with van der Waals surface area (Å²) in [5, 5.41) is 13.4. The van der Waals surface area contributed by atoms with E-state index in [1.807, 2.05) is 0 Å². The summed E-state index contributed by atoms with van der Waals surface area (Å²) in [6.45, 7) is 0.961. The van der Waals surface area contributed by atoms with Gasteiger partial charge in [-0.1, -0.05) is 0 Å². The lowest BCUT2D eigenvalue weighted by atomic mass is 9.91. The van der Waals surface area contributed by atoms with E-state index in [9.17, 15) is 9.18 Å². The van der Waals surface area contributed by atoms with Crippen LogP contribution in [0.25, 0.3) is 5.69 Å². The number of hydrogen-bond acceptors (Lipinski definition) is 3. The number of rotatable bonds is 2. The van der Waals surface area contributed by atoms with E-state index < -0.39 is 6.09 Å². The highest BCUT2D eigenvalue weighted by molar-refractivity contribution is 9.11. The first kappa shape index (κ1) is 17.2. The van der Waals surface area contributed by atoms with Crippen LogP contribution < -0.4 is 5.73 Å². The van der Waals surface area contributed by atoms with Gasteiger partial charge in [0.25, 0.3) is 0 Å². The zero-order valence-electron chi connectivity index (χ0n) is 12.5. The number of carbonyl (C=O) groups is 1. The summed E-state index contributed by atoms with van der Waals surface area (Å²) in [5.74, 6) is 0.272. The molecule has 1 saturated heterocycles. The molecule has 0 radical (unpaired) electrons. The number of likely N-dealkylation sites (tertiary alicyclic amines) is 1. The van der Waals surface area contributed by atoms with E-state index in [-0.39, 0.29) is 11.7 Å². The summed E-state index contributed by atoms with van der Waals surface area (Å²) in [4.78, 5) is 12.4. The van der Waals surface area contributed by atoms with E-state index in [2.05, 4.69) is 37.0 Å². The molecule has 128 valence electrons. The molecule has 0 spiro atoms. The molecule has 24 heavy (non-hydrogen) atoms. The zero-order chi connectivity index (χ0) is 17.4. The van der Waals surface area contributed by atoms with Crippen molar-refractivity contribution < 1.29 is 14.3 Å². The SMILES string of the molecule is Nc1c(C2CCN(C(=O)O)CC2)cnn1-c1c(Br)cc(F)cc1Br. The number of hydrogen-bond donors (Lipinski definition) is 2. The number of nitrogens with zero attached hydrogens (tertiary/aromatic N) is 3. The summed E-state index contributed by atoms with van der Waals surface area (Å²) < 4.78 is 16.1. The molecular weight excluding hydrogens is 447 g/mol.